The van der Waals surface area contributed by atoms with Crippen LogP contribution in [0.25, 0.3) is 0 Å². The second-order valence-corrected chi connectivity index (χ2v) is 6.03. The molecule has 0 spiro atoms. The minimum absolute atomic E-state index is 0.0451. The maximum Gasteiger partial charge on any atom is 0.435 e. The summed E-state index contributed by atoms with van der Waals surface area (Å²) in [4.78, 5) is 14.2. The van der Waals surface area contributed by atoms with Crippen molar-refractivity contribution in [3.8, 4) is 0 Å². The Morgan fingerprint density at radius 1 is 1.27 bits per heavy atom. The average Bonchev–Trinajstić information content (AvgIpc) is 3.12. The second kappa shape index (κ2) is 7.45. The van der Waals surface area contributed by atoms with Crippen LogP contribution in [0.5, 0.6) is 0 Å². The Kier molecular flexibility index (Phi) is 5.26. The molecule has 0 atom stereocenters. The molecular weight excluding hydrogens is 354 g/mol. The van der Waals surface area contributed by atoms with Crippen molar-refractivity contribution in [2.75, 3.05) is 13.2 Å². The number of nitrogens with one attached hydrogen (secondary N) is 1. The third kappa shape index (κ3) is 4.04. The number of halogens is 4. The first-order valence-corrected chi connectivity index (χ1v) is 8.11. The number of ether oxygens (including phenoxy) is 1. The summed E-state index contributed by atoms with van der Waals surface area (Å²) in [6.07, 6.45) is -3.59. The monoisotopic (exact) mass is 371 g/mol. The van der Waals surface area contributed by atoms with Crippen molar-refractivity contribution in [3.63, 3.8) is 0 Å². The first-order valence-electron chi connectivity index (χ1n) is 8.11. The number of carbonyl (C=O) groups is 1. The lowest BCUT2D eigenvalue weighted by molar-refractivity contribution is -0.141. The highest BCUT2D eigenvalue weighted by atomic mass is 19.4. The third-order valence-electron chi connectivity index (χ3n) is 4.29. The van der Waals surface area contributed by atoms with E-state index in [0.29, 0.717) is 37.7 Å². The normalized spacial score (nSPS) is 15.8. The summed E-state index contributed by atoms with van der Waals surface area (Å²) in [5.74, 6) is -1.12. The number of benzene rings is 1. The molecule has 1 fully saturated rings. The van der Waals surface area contributed by atoms with Crippen LogP contribution in [0.3, 0.4) is 0 Å². The summed E-state index contributed by atoms with van der Waals surface area (Å²) in [5.41, 5.74) is -1.15. The Morgan fingerprint density at radius 3 is 2.58 bits per heavy atom. The molecule has 2 heterocycles. The third-order valence-corrected chi connectivity index (χ3v) is 4.29. The van der Waals surface area contributed by atoms with Gasteiger partial charge in [0.25, 0.3) is 5.91 Å². The highest BCUT2D eigenvalue weighted by molar-refractivity contribution is 5.92. The zero-order valence-electron chi connectivity index (χ0n) is 13.7. The number of nitrogens with zero attached hydrogens (tertiary/aromatic N) is 2. The maximum atomic E-state index is 14.0. The Bertz CT molecular complexity index is 769. The molecule has 1 N–H and O–H groups in total. The molecule has 5 nitrogen and oxygen atoms in total. The van der Waals surface area contributed by atoms with Crippen LogP contribution in [-0.2, 0) is 17.5 Å². The van der Waals surface area contributed by atoms with Crippen LogP contribution in [-0.4, -0.2) is 40.3 Å². The predicted octanol–water partition coefficient (Wildman–Crippen LogP) is 3.39. The van der Waals surface area contributed by atoms with Gasteiger partial charge in [-0.25, -0.2) is 4.39 Å². The zero-order chi connectivity index (χ0) is 18.7. The molecule has 26 heavy (non-hydrogen) atoms. The average molecular weight is 371 g/mol. The largest absolute Gasteiger partial charge is 0.435 e. The number of alkyl halides is 3. The lowest BCUT2D eigenvalue weighted by Crippen LogP contribution is -2.43. The molecule has 0 saturated carbocycles. The summed E-state index contributed by atoms with van der Waals surface area (Å²) >= 11 is 0. The number of hydrogen-bond donors (Lipinski definition) is 1. The first-order chi connectivity index (χ1) is 12.4. The van der Waals surface area contributed by atoms with E-state index in [2.05, 4.69) is 10.2 Å². The summed E-state index contributed by atoms with van der Waals surface area (Å²) in [7, 11) is 0. The van der Waals surface area contributed by atoms with Gasteiger partial charge in [0.1, 0.15) is 11.5 Å². The zero-order valence-corrected chi connectivity index (χ0v) is 13.7. The van der Waals surface area contributed by atoms with E-state index in [-0.39, 0.29) is 18.3 Å². The second-order valence-electron chi connectivity index (χ2n) is 6.03. The molecule has 1 aliphatic rings. The Hall–Kier alpha value is -2.42. The molecule has 1 aromatic heterocycles. The SMILES string of the molecule is O=C(c1cc(C(F)(F)F)n[nH]1)N(Cc1ccccc1F)C1CCOCC1. The molecular formula is C17H17F4N3O2. The summed E-state index contributed by atoms with van der Waals surface area (Å²) < 4.78 is 57.5. The van der Waals surface area contributed by atoms with Crippen molar-refractivity contribution >= 4 is 5.91 Å². The van der Waals surface area contributed by atoms with Crippen molar-refractivity contribution in [1.29, 1.82) is 0 Å². The van der Waals surface area contributed by atoms with Gasteiger partial charge in [0.05, 0.1) is 0 Å². The van der Waals surface area contributed by atoms with Gasteiger partial charge in [-0.15, -0.1) is 0 Å². The van der Waals surface area contributed by atoms with Gasteiger partial charge < -0.3 is 9.64 Å². The van der Waals surface area contributed by atoms with E-state index < -0.39 is 23.6 Å². The number of aromatic amines is 1. The van der Waals surface area contributed by atoms with Crippen LogP contribution < -0.4 is 0 Å². The van der Waals surface area contributed by atoms with Crippen molar-refractivity contribution in [2.45, 2.75) is 31.6 Å². The predicted molar refractivity (Wildman–Crippen MR) is 83.7 cm³/mol. The van der Waals surface area contributed by atoms with Crippen molar-refractivity contribution < 1.29 is 27.1 Å². The van der Waals surface area contributed by atoms with Gasteiger partial charge in [-0.3, -0.25) is 9.89 Å². The molecule has 140 valence electrons. The van der Waals surface area contributed by atoms with Gasteiger partial charge in [-0.05, 0) is 18.9 Å². The van der Waals surface area contributed by atoms with Crippen LogP contribution in [0.4, 0.5) is 17.6 Å². The number of hydrogen-bond acceptors (Lipinski definition) is 3. The first kappa shape index (κ1) is 18.4. The van der Waals surface area contributed by atoms with Crippen molar-refractivity contribution in [1.82, 2.24) is 15.1 Å². The van der Waals surface area contributed by atoms with E-state index in [9.17, 15) is 22.4 Å². The van der Waals surface area contributed by atoms with Crippen LogP contribution >= 0.6 is 0 Å². The fourth-order valence-electron chi connectivity index (χ4n) is 2.90. The van der Waals surface area contributed by atoms with Gasteiger partial charge >= 0.3 is 6.18 Å². The van der Waals surface area contributed by atoms with E-state index in [1.54, 1.807) is 12.1 Å². The number of carbonyl (C=O) groups excluding carboxylic acids is 1. The minimum Gasteiger partial charge on any atom is -0.381 e. The van der Waals surface area contributed by atoms with Crippen LogP contribution in [0.2, 0.25) is 0 Å². The molecule has 1 aromatic carbocycles. The smallest absolute Gasteiger partial charge is 0.381 e. The van der Waals surface area contributed by atoms with E-state index in [4.69, 9.17) is 4.74 Å². The van der Waals surface area contributed by atoms with E-state index >= 15 is 0 Å². The van der Waals surface area contributed by atoms with Gasteiger partial charge in [0.2, 0.25) is 0 Å². The number of amides is 1. The summed E-state index contributed by atoms with van der Waals surface area (Å²) in [5, 5.41) is 5.31. The Balaban J connectivity index is 1.88. The van der Waals surface area contributed by atoms with Crippen molar-refractivity contribution in [2.24, 2.45) is 0 Å². The number of rotatable bonds is 4. The summed E-state index contributed by atoms with van der Waals surface area (Å²) in [6.45, 7) is 0.821. The highest BCUT2D eigenvalue weighted by Gasteiger charge is 2.36. The van der Waals surface area contributed by atoms with Crippen molar-refractivity contribution in [3.05, 3.63) is 53.1 Å². The molecule has 3 rings (SSSR count). The van der Waals surface area contributed by atoms with Crippen LogP contribution in [0.15, 0.2) is 30.3 Å². The Morgan fingerprint density at radius 2 is 1.96 bits per heavy atom. The topological polar surface area (TPSA) is 58.2 Å². The standard InChI is InChI=1S/C17H17F4N3O2/c18-13-4-2-1-3-11(13)10-24(12-5-7-26-8-6-12)16(25)14-9-15(23-22-14)17(19,20)21/h1-4,9,12H,5-8,10H2,(H,22,23). The number of H-pyrrole nitrogens is 1. The van der Waals surface area contributed by atoms with E-state index in [1.165, 1.54) is 17.0 Å². The molecule has 1 saturated heterocycles. The molecule has 0 aliphatic carbocycles. The van der Waals surface area contributed by atoms with Crippen LogP contribution in [0.1, 0.15) is 34.6 Å². The quantitative estimate of drug-likeness (QED) is 0.839. The molecule has 1 amide bonds. The van der Waals surface area contributed by atoms with Gasteiger partial charge in [0.15, 0.2) is 5.69 Å². The Labute approximate surface area is 146 Å². The molecule has 9 heteroatoms. The fraction of sp³-hybridized carbons (Fsp3) is 0.412. The van der Waals surface area contributed by atoms with E-state index in [1.807, 2.05) is 0 Å². The fourth-order valence-corrected chi connectivity index (χ4v) is 2.90. The van der Waals surface area contributed by atoms with Gasteiger partial charge in [0, 0.05) is 37.4 Å². The highest BCUT2D eigenvalue weighted by Crippen LogP contribution is 2.28. The molecule has 0 bridgehead atoms. The number of aromatic nitrogens is 2. The van der Waals surface area contributed by atoms with E-state index in [0.717, 1.165) is 0 Å². The maximum absolute atomic E-state index is 14.0. The summed E-state index contributed by atoms with van der Waals surface area (Å²) in [6, 6.07) is 6.42. The molecule has 0 unspecified atom stereocenters. The lowest BCUT2D eigenvalue weighted by Gasteiger charge is -2.34. The molecule has 0 radical (unpaired) electrons. The minimum atomic E-state index is -4.65. The van der Waals surface area contributed by atoms with Gasteiger partial charge in [-0.2, -0.15) is 18.3 Å². The molecule has 1 aliphatic heterocycles. The van der Waals surface area contributed by atoms with Crippen LogP contribution in [0, 0.1) is 5.82 Å². The molecule has 2 aromatic rings. The van der Waals surface area contributed by atoms with Gasteiger partial charge in [-0.1, -0.05) is 18.2 Å². The lowest BCUT2D eigenvalue weighted by atomic mass is 10.0.